The number of carbonyl (C=O) groups excluding carboxylic acids is 2. The predicted molar refractivity (Wildman–Crippen MR) is 259 cm³/mol. The third kappa shape index (κ3) is 41.8. The van der Waals surface area contributed by atoms with Crippen LogP contribution in [-0.4, -0.2) is 46.9 Å². The van der Waals surface area contributed by atoms with E-state index >= 15 is 0 Å². The van der Waals surface area contributed by atoms with Gasteiger partial charge in [-0.15, -0.1) is 0 Å². The first-order valence-electron chi connectivity index (χ1n) is 24.9. The van der Waals surface area contributed by atoms with Crippen molar-refractivity contribution in [1.29, 1.82) is 0 Å². The van der Waals surface area contributed by atoms with Crippen LogP contribution in [0.2, 0.25) is 0 Å². The Morgan fingerprint density at radius 2 is 0.917 bits per heavy atom. The topological polar surface area (TPSA) is 95.9 Å². The lowest BCUT2D eigenvalue weighted by Gasteiger charge is -2.24. The van der Waals surface area contributed by atoms with Crippen molar-refractivity contribution >= 4 is 11.9 Å². The average molecular weight is 836 g/mol. The zero-order valence-electron chi connectivity index (χ0n) is 39.1. The van der Waals surface area contributed by atoms with E-state index in [0.29, 0.717) is 19.3 Å². The summed E-state index contributed by atoms with van der Waals surface area (Å²) in [6.45, 7) is 6.29. The number of aliphatic hydroxyl groups excluding tert-OH is 2. The molecule has 0 rings (SSSR count). The fourth-order valence-electron chi connectivity index (χ4n) is 7.10. The van der Waals surface area contributed by atoms with E-state index in [0.717, 1.165) is 51.4 Å². The van der Waals surface area contributed by atoms with Crippen LogP contribution in [0.25, 0.3) is 0 Å². The number of amides is 1. The number of carbonyl (C=O) groups is 2. The van der Waals surface area contributed by atoms with Crippen molar-refractivity contribution < 1.29 is 24.5 Å². The van der Waals surface area contributed by atoms with Gasteiger partial charge in [0.25, 0.3) is 0 Å². The molecular formula is C54H93NO5. The van der Waals surface area contributed by atoms with Crippen LogP contribution < -0.4 is 5.32 Å². The summed E-state index contributed by atoms with van der Waals surface area (Å²) in [5, 5.41) is 23.7. The van der Waals surface area contributed by atoms with Crippen molar-refractivity contribution in [2.24, 2.45) is 0 Å². The van der Waals surface area contributed by atoms with Gasteiger partial charge < -0.3 is 20.3 Å². The van der Waals surface area contributed by atoms with E-state index < -0.39 is 18.2 Å². The van der Waals surface area contributed by atoms with Gasteiger partial charge in [0.2, 0.25) is 5.91 Å². The van der Waals surface area contributed by atoms with Crippen molar-refractivity contribution in [3.63, 3.8) is 0 Å². The SMILES string of the molecule is CC/C=C/C=C/C=C\C=C/C=C/CCCC(=O)OC(CCC/C=C/C=C/CCCCCCCCC)CC(=O)NC(CO)C(O)CCCCCCCCCCCCCCCC. The molecule has 0 fully saturated rings. The Kier molecular flexibility index (Phi) is 44.8. The molecule has 0 saturated heterocycles. The third-order valence-electron chi connectivity index (χ3n) is 10.9. The summed E-state index contributed by atoms with van der Waals surface area (Å²) in [6.07, 6.45) is 60.8. The fraction of sp³-hybridized carbons (Fsp3) is 0.704. The van der Waals surface area contributed by atoms with Crippen molar-refractivity contribution in [2.45, 2.75) is 238 Å². The third-order valence-corrected chi connectivity index (χ3v) is 10.9. The summed E-state index contributed by atoms with van der Waals surface area (Å²) in [5.41, 5.74) is 0. The van der Waals surface area contributed by atoms with Gasteiger partial charge in [-0.3, -0.25) is 9.59 Å². The molecule has 0 aromatic rings. The lowest BCUT2D eigenvalue weighted by Crippen LogP contribution is -2.46. The number of rotatable bonds is 43. The molecule has 0 radical (unpaired) electrons. The molecule has 3 atom stereocenters. The Bertz CT molecular complexity index is 1160. The highest BCUT2D eigenvalue weighted by atomic mass is 16.5. The van der Waals surface area contributed by atoms with E-state index in [9.17, 15) is 19.8 Å². The average Bonchev–Trinajstić information content (AvgIpc) is 3.24. The molecular weight excluding hydrogens is 743 g/mol. The molecule has 0 aromatic heterocycles. The first-order chi connectivity index (χ1) is 29.5. The number of hydrogen-bond acceptors (Lipinski definition) is 5. The number of ether oxygens (including phenoxy) is 1. The van der Waals surface area contributed by atoms with Crippen molar-refractivity contribution in [2.75, 3.05) is 6.61 Å². The number of allylic oxidation sites excluding steroid dienone is 14. The van der Waals surface area contributed by atoms with E-state index in [1.165, 1.54) is 116 Å². The zero-order valence-corrected chi connectivity index (χ0v) is 39.1. The van der Waals surface area contributed by atoms with E-state index in [2.05, 4.69) is 56.5 Å². The van der Waals surface area contributed by atoms with Crippen LogP contribution in [0, 0.1) is 0 Å². The Morgan fingerprint density at radius 3 is 1.42 bits per heavy atom. The number of esters is 1. The fourth-order valence-corrected chi connectivity index (χ4v) is 7.10. The Balaban J connectivity index is 4.76. The predicted octanol–water partition coefficient (Wildman–Crippen LogP) is 14.8. The van der Waals surface area contributed by atoms with Gasteiger partial charge in [0.05, 0.1) is 25.2 Å². The van der Waals surface area contributed by atoms with E-state index in [4.69, 9.17) is 4.74 Å². The molecule has 0 spiro atoms. The summed E-state index contributed by atoms with van der Waals surface area (Å²) >= 11 is 0. The van der Waals surface area contributed by atoms with Gasteiger partial charge in [-0.2, -0.15) is 0 Å². The minimum atomic E-state index is -0.815. The van der Waals surface area contributed by atoms with Crippen LogP contribution >= 0.6 is 0 Å². The summed E-state index contributed by atoms with van der Waals surface area (Å²) in [6, 6.07) is -0.734. The zero-order chi connectivity index (χ0) is 43.8. The normalized spacial score (nSPS) is 14.0. The van der Waals surface area contributed by atoms with Gasteiger partial charge in [0, 0.05) is 6.42 Å². The van der Waals surface area contributed by atoms with E-state index in [1.807, 2.05) is 54.7 Å². The second-order valence-electron chi connectivity index (χ2n) is 16.6. The van der Waals surface area contributed by atoms with Crippen LogP contribution in [0.1, 0.15) is 220 Å². The molecule has 344 valence electrons. The highest BCUT2D eigenvalue weighted by molar-refractivity contribution is 5.77. The van der Waals surface area contributed by atoms with Crippen LogP contribution in [0.15, 0.2) is 85.1 Å². The molecule has 3 unspecified atom stereocenters. The standard InChI is InChI=1S/C54H93NO5/c1-4-7-10-13-16-19-22-25-28-30-33-36-39-42-45-50(60-54(59)47-44-41-38-35-32-27-24-21-18-15-12-9-6-3)48-53(58)55-51(49-56)52(57)46-43-40-37-34-31-29-26-23-20-17-14-11-8-5-2/h9,12,15,18,21,24,27-28,30,32-33,35-36,38,50-52,56-57H,4-8,10-11,13-14,16-17,19-20,22-23,25-26,29,31,34,37,39-49H2,1-3H3,(H,55,58)/b12-9+,18-15+,24-21-,30-28+,32-27-,36-33+,38-35+. The maximum Gasteiger partial charge on any atom is 0.306 e. The van der Waals surface area contributed by atoms with Crippen LogP contribution in [0.4, 0.5) is 0 Å². The second kappa shape index (κ2) is 47.1. The maximum absolute atomic E-state index is 13.2. The molecule has 6 nitrogen and oxygen atoms in total. The van der Waals surface area contributed by atoms with Crippen LogP contribution in [0.5, 0.6) is 0 Å². The molecule has 3 N–H and O–H groups in total. The van der Waals surface area contributed by atoms with Gasteiger partial charge in [-0.05, 0) is 57.8 Å². The number of nitrogens with one attached hydrogen (secondary N) is 1. The highest BCUT2D eigenvalue weighted by Gasteiger charge is 2.24. The first kappa shape index (κ1) is 57.0. The van der Waals surface area contributed by atoms with Crippen LogP contribution in [-0.2, 0) is 14.3 Å². The van der Waals surface area contributed by atoms with Crippen molar-refractivity contribution in [3.8, 4) is 0 Å². The first-order valence-corrected chi connectivity index (χ1v) is 24.9. The summed E-state index contributed by atoms with van der Waals surface area (Å²) in [5.74, 6) is -0.614. The summed E-state index contributed by atoms with van der Waals surface area (Å²) < 4.78 is 5.85. The number of unbranched alkanes of at least 4 members (excludes halogenated alkanes) is 22. The molecule has 0 aliphatic carbocycles. The Labute approximate surface area is 370 Å². The minimum absolute atomic E-state index is 0.0121. The van der Waals surface area contributed by atoms with E-state index in [1.54, 1.807) is 0 Å². The minimum Gasteiger partial charge on any atom is -0.462 e. The summed E-state index contributed by atoms with van der Waals surface area (Å²) in [4.78, 5) is 26.0. The highest BCUT2D eigenvalue weighted by Crippen LogP contribution is 2.16. The lowest BCUT2D eigenvalue weighted by atomic mass is 10.0. The molecule has 6 heteroatoms. The smallest absolute Gasteiger partial charge is 0.306 e. The van der Waals surface area contributed by atoms with Crippen molar-refractivity contribution in [3.05, 3.63) is 85.1 Å². The second-order valence-corrected chi connectivity index (χ2v) is 16.6. The largest absolute Gasteiger partial charge is 0.462 e. The monoisotopic (exact) mass is 836 g/mol. The van der Waals surface area contributed by atoms with E-state index in [-0.39, 0.29) is 31.3 Å². The molecule has 1 amide bonds. The van der Waals surface area contributed by atoms with Crippen molar-refractivity contribution in [1.82, 2.24) is 5.32 Å². The molecule has 0 bridgehead atoms. The maximum atomic E-state index is 13.2. The van der Waals surface area contributed by atoms with Gasteiger partial charge in [-0.1, -0.05) is 234 Å². The molecule has 0 aliphatic heterocycles. The molecule has 0 aliphatic rings. The van der Waals surface area contributed by atoms with Gasteiger partial charge >= 0.3 is 5.97 Å². The molecule has 0 heterocycles. The molecule has 0 aromatic carbocycles. The molecule has 0 saturated carbocycles. The van der Waals surface area contributed by atoms with Crippen LogP contribution in [0.3, 0.4) is 0 Å². The van der Waals surface area contributed by atoms with Gasteiger partial charge in [-0.25, -0.2) is 0 Å². The Morgan fingerprint density at radius 1 is 0.500 bits per heavy atom. The number of hydrogen-bond donors (Lipinski definition) is 3. The lowest BCUT2D eigenvalue weighted by molar-refractivity contribution is -0.151. The Hall–Kier alpha value is -2.96. The molecule has 60 heavy (non-hydrogen) atoms. The van der Waals surface area contributed by atoms with Gasteiger partial charge in [0.15, 0.2) is 0 Å². The summed E-state index contributed by atoms with van der Waals surface area (Å²) in [7, 11) is 0. The number of aliphatic hydroxyl groups is 2. The van der Waals surface area contributed by atoms with Gasteiger partial charge in [0.1, 0.15) is 6.10 Å². The quantitative estimate of drug-likeness (QED) is 0.0323.